The highest BCUT2D eigenvalue weighted by Gasteiger charge is 2.10. The summed E-state index contributed by atoms with van der Waals surface area (Å²) >= 11 is 0. The largest absolute Gasteiger partial charge is 0.439 e. The molecule has 0 aliphatic carbocycles. The number of aliphatic imine (C=N–C) groups is 1. The van der Waals surface area contributed by atoms with Crippen LogP contribution in [0.4, 0.5) is 5.69 Å². The van der Waals surface area contributed by atoms with Crippen molar-refractivity contribution >= 4 is 21.4 Å². The zero-order valence-corrected chi connectivity index (χ0v) is 18.0. The van der Waals surface area contributed by atoms with Crippen LogP contribution in [0.1, 0.15) is 0 Å². The van der Waals surface area contributed by atoms with Crippen LogP contribution in [0.15, 0.2) is 137 Å². The number of nitrogens with zero attached hydrogens (tertiary/aromatic N) is 1. The Labute approximate surface area is 188 Å². The van der Waals surface area contributed by atoms with Crippen molar-refractivity contribution in [1.29, 1.82) is 0 Å². The highest BCUT2D eigenvalue weighted by molar-refractivity contribution is 7.94. The van der Waals surface area contributed by atoms with E-state index in [2.05, 4.69) is 4.99 Å². The first-order valence-electron chi connectivity index (χ1n) is 10.1. The van der Waals surface area contributed by atoms with Gasteiger partial charge in [-0.05, 0) is 47.5 Å². The highest BCUT2D eigenvalue weighted by Crippen LogP contribution is 2.23. The maximum atomic E-state index is 12.6. The monoisotopic (exact) mass is 439 g/mol. The summed E-state index contributed by atoms with van der Waals surface area (Å²) in [4.78, 5) is 4.74. The predicted octanol–water partition coefficient (Wildman–Crippen LogP) is 6.45. The first-order valence-corrected chi connectivity index (χ1v) is 11.6. The van der Waals surface area contributed by atoms with E-state index in [1.165, 1.54) is 6.08 Å². The molecule has 0 saturated carbocycles. The lowest BCUT2D eigenvalue weighted by Gasteiger charge is -2.07. The van der Waals surface area contributed by atoms with Gasteiger partial charge in [-0.3, -0.25) is 0 Å². The molecule has 0 N–H and O–H groups in total. The van der Waals surface area contributed by atoms with Gasteiger partial charge in [0, 0.05) is 11.5 Å². The molecule has 0 radical (unpaired) electrons. The molecule has 0 atom stereocenters. The number of hydrogen-bond acceptors (Lipinski definition) is 4. The van der Waals surface area contributed by atoms with Crippen molar-refractivity contribution in [2.24, 2.45) is 4.99 Å². The van der Waals surface area contributed by atoms with Crippen molar-refractivity contribution in [3.63, 3.8) is 0 Å². The SMILES string of the molecule is O=S(=O)(C=CC(=Nc1ccc(-c2ccccc2)cc1)Oc1ccccc1)c1ccccc1. The van der Waals surface area contributed by atoms with Crippen molar-refractivity contribution in [3.8, 4) is 16.9 Å². The molecule has 0 aliphatic rings. The Morgan fingerprint density at radius 1 is 0.656 bits per heavy atom. The normalized spacial score (nSPS) is 12.1. The van der Waals surface area contributed by atoms with E-state index >= 15 is 0 Å². The Morgan fingerprint density at radius 3 is 1.81 bits per heavy atom. The maximum absolute atomic E-state index is 12.6. The first-order chi connectivity index (χ1) is 15.6. The predicted molar refractivity (Wildman–Crippen MR) is 129 cm³/mol. The van der Waals surface area contributed by atoms with E-state index in [4.69, 9.17) is 4.74 Å². The molecule has 4 nitrogen and oxygen atoms in total. The van der Waals surface area contributed by atoms with E-state index in [1.807, 2.05) is 72.8 Å². The van der Waals surface area contributed by atoms with Crippen LogP contribution in [0.5, 0.6) is 5.75 Å². The summed E-state index contributed by atoms with van der Waals surface area (Å²) in [5, 5.41) is 1.11. The Bertz CT molecular complexity index is 1310. The topological polar surface area (TPSA) is 55.7 Å². The van der Waals surface area contributed by atoms with Gasteiger partial charge in [-0.1, -0.05) is 78.9 Å². The van der Waals surface area contributed by atoms with Crippen LogP contribution >= 0.6 is 0 Å². The van der Waals surface area contributed by atoms with Gasteiger partial charge in [-0.15, -0.1) is 0 Å². The molecule has 4 rings (SSSR count). The zero-order valence-electron chi connectivity index (χ0n) is 17.2. The molecule has 4 aromatic carbocycles. The number of para-hydroxylation sites is 1. The molecule has 0 aliphatic heterocycles. The number of benzene rings is 4. The van der Waals surface area contributed by atoms with Crippen LogP contribution in [0.3, 0.4) is 0 Å². The molecule has 0 unspecified atom stereocenters. The molecule has 0 amide bonds. The zero-order chi connectivity index (χ0) is 22.2. The van der Waals surface area contributed by atoms with Crippen molar-refractivity contribution < 1.29 is 13.2 Å². The smallest absolute Gasteiger partial charge is 0.220 e. The van der Waals surface area contributed by atoms with Crippen LogP contribution < -0.4 is 4.74 Å². The van der Waals surface area contributed by atoms with Gasteiger partial charge in [-0.2, -0.15) is 0 Å². The van der Waals surface area contributed by atoms with Crippen LogP contribution in [0.2, 0.25) is 0 Å². The minimum Gasteiger partial charge on any atom is -0.439 e. The van der Waals surface area contributed by atoms with Crippen LogP contribution in [-0.2, 0) is 9.84 Å². The average Bonchev–Trinajstić information content (AvgIpc) is 2.85. The number of hydrogen-bond donors (Lipinski definition) is 0. The minimum atomic E-state index is -3.62. The van der Waals surface area contributed by atoms with Crippen molar-refractivity contribution in [2.45, 2.75) is 4.90 Å². The van der Waals surface area contributed by atoms with E-state index in [0.717, 1.165) is 16.5 Å². The van der Waals surface area contributed by atoms with Gasteiger partial charge in [0.1, 0.15) is 5.75 Å². The lowest BCUT2D eigenvalue weighted by molar-refractivity contribution is 0.555. The van der Waals surface area contributed by atoms with Gasteiger partial charge in [-0.25, -0.2) is 13.4 Å². The van der Waals surface area contributed by atoms with Gasteiger partial charge in [0.15, 0.2) is 9.84 Å². The molecular weight excluding hydrogens is 418 g/mol. The van der Waals surface area contributed by atoms with Gasteiger partial charge < -0.3 is 4.74 Å². The Kier molecular flexibility index (Phi) is 6.58. The fourth-order valence-electron chi connectivity index (χ4n) is 3.03. The molecule has 0 fully saturated rings. The second-order valence-electron chi connectivity index (χ2n) is 6.94. The fraction of sp³-hybridized carbons (Fsp3) is 0. The summed E-state index contributed by atoms with van der Waals surface area (Å²) in [6.07, 6.45) is 1.38. The van der Waals surface area contributed by atoms with E-state index in [-0.39, 0.29) is 10.8 Å². The third-order valence-corrected chi connectivity index (χ3v) is 6.06. The quantitative estimate of drug-likeness (QED) is 0.256. The summed E-state index contributed by atoms with van der Waals surface area (Å²) in [5.74, 6) is 0.733. The second-order valence-corrected chi connectivity index (χ2v) is 8.77. The number of rotatable bonds is 6. The van der Waals surface area contributed by atoms with Crippen molar-refractivity contribution in [3.05, 3.63) is 127 Å². The number of sulfone groups is 1. The van der Waals surface area contributed by atoms with E-state index in [9.17, 15) is 8.42 Å². The summed E-state index contributed by atoms with van der Waals surface area (Å²) < 4.78 is 31.2. The van der Waals surface area contributed by atoms with E-state index in [1.54, 1.807) is 42.5 Å². The molecule has 0 aromatic heterocycles. The lowest BCUT2D eigenvalue weighted by atomic mass is 10.1. The minimum absolute atomic E-state index is 0.170. The van der Waals surface area contributed by atoms with Gasteiger partial charge in [0.25, 0.3) is 0 Å². The summed E-state index contributed by atoms with van der Waals surface area (Å²) in [5.41, 5.74) is 2.83. The fourth-order valence-corrected chi connectivity index (χ4v) is 4.02. The third kappa shape index (κ3) is 5.59. The number of ether oxygens (including phenoxy) is 1. The Balaban J connectivity index is 1.64. The van der Waals surface area contributed by atoms with Crippen LogP contribution in [0.25, 0.3) is 11.1 Å². The molecule has 32 heavy (non-hydrogen) atoms. The maximum Gasteiger partial charge on any atom is 0.220 e. The molecular formula is C27H21NO3S. The van der Waals surface area contributed by atoms with Gasteiger partial charge in [0.2, 0.25) is 5.90 Å². The lowest BCUT2D eigenvalue weighted by Crippen LogP contribution is -2.06. The summed E-state index contributed by atoms with van der Waals surface area (Å²) in [7, 11) is -3.62. The van der Waals surface area contributed by atoms with E-state index < -0.39 is 9.84 Å². The Morgan fingerprint density at radius 2 is 1.19 bits per heavy atom. The molecule has 158 valence electrons. The first kappa shape index (κ1) is 21.3. The van der Waals surface area contributed by atoms with Crippen LogP contribution in [-0.4, -0.2) is 14.3 Å². The van der Waals surface area contributed by atoms with Gasteiger partial charge >= 0.3 is 0 Å². The molecule has 4 aromatic rings. The van der Waals surface area contributed by atoms with Crippen molar-refractivity contribution in [2.75, 3.05) is 0 Å². The van der Waals surface area contributed by atoms with E-state index in [0.29, 0.717) is 11.4 Å². The standard InChI is InChI=1S/C27H21NO3S/c29-32(30,26-14-8-3-9-15-26)21-20-27(31-25-12-6-2-7-13-25)28-24-18-16-23(17-19-24)22-10-4-1-5-11-22/h1-21H. The molecule has 0 heterocycles. The van der Waals surface area contributed by atoms with Crippen molar-refractivity contribution in [1.82, 2.24) is 0 Å². The molecule has 0 spiro atoms. The Hall–Kier alpha value is -3.96. The molecule has 5 heteroatoms. The second kappa shape index (κ2) is 9.90. The summed E-state index contributed by atoms with van der Waals surface area (Å²) in [6.45, 7) is 0. The van der Waals surface area contributed by atoms with Gasteiger partial charge in [0.05, 0.1) is 10.6 Å². The summed E-state index contributed by atoms with van der Waals surface area (Å²) in [6, 6.07) is 35.1. The molecule has 0 saturated heterocycles. The average molecular weight is 440 g/mol. The third-order valence-electron chi connectivity index (χ3n) is 4.64. The van der Waals surface area contributed by atoms with Crippen LogP contribution in [0, 0.1) is 0 Å². The molecule has 0 bridgehead atoms. The highest BCUT2D eigenvalue weighted by atomic mass is 32.2.